The van der Waals surface area contributed by atoms with Crippen LogP contribution >= 0.6 is 15.9 Å². The molecule has 1 heterocycles. The van der Waals surface area contributed by atoms with Gasteiger partial charge in [-0.15, -0.1) is 0 Å². The maximum atomic E-state index is 12.5. The summed E-state index contributed by atoms with van der Waals surface area (Å²) in [6.07, 6.45) is 2.55. The van der Waals surface area contributed by atoms with Crippen molar-refractivity contribution in [1.29, 1.82) is 0 Å². The first-order valence-electron chi connectivity index (χ1n) is 8.11. The van der Waals surface area contributed by atoms with Gasteiger partial charge in [0.2, 0.25) is 5.91 Å². The first-order chi connectivity index (χ1) is 12.1. The highest BCUT2D eigenvalue weighted by Gasteiger charge is 2.09. The van der Waals surface area contributed by atoms with Gasteiger partial charge in [0, 0.05) is 23.1 Å². The van der Waals surface area contributed by atoms with E-state index in [2.05, 4.69) is 26.2 Å². The Bertz CT molecular complexity index is 982. The summed E-state index contributed by atoms with van der Waals surface area (Å²) in [5, 5.41) is 3.45. The third-order valence-electron chi connectivity index (χ3n) is 4.04. The van der Waals surface area contributed by atoms with Crippen LogP contribution < -0.4 is 10.9 Å². The van der Waals surface area contributed by atoms with E-state index in [-0.39, 0.29) is 24.4 Å². The van der Waals surface area contributed by atoms with Gasteiger partial charge in [-0.25, -0.2) is 4.98 Å². The number of halogens is 1. The molecule has 0 bridgehead atoms. The number of aromatic nitrogens is 2. The fraction of sp³-hybridized carbons (Fsp3) is 0.211. The molecular weight excluding hydrogens is 382 g/mol. The van der Waals surface area contributed by atoms with Crippen molar-refractivity contribution in [2.45, 2.75) is 26.3 Å². The summed E-state index contributed by atoms with van der Waals surface area (Å²) in [6.45, 7) is 2.33. The number of nitrogens with zero attached hydrogens (tertiary/aromatic N) is 2. The first kappa shape index (κ1) is 17.4. The van der Waals surface area contributed by atoms with Gasteiger partial charge in [-0.1, -0.05) is 41.1 Å². The summed E-state index contributed by atoms with van der Waals surface area (Å²) in [5.41, 5.74) is 2.41. The zero-order chi connectivity index (χ0) is 17.8. The lowest BCUT2D eigenvalue weighted by Gasteiger charge is -2.10. The van der Waals surface area contributed by atoms with Crippen LogP contribution in [0.4, 0.5) is 5.69 Å². The molecule has 0 aliphatic rings. The lowest BCUT2D eigenvalue weighted by Crippen LogP contribution is -2.23. The predicted molar refractivity (Wildman–Crippen MR) is 103 cm³/mol. The molecule has 3 aromatic rings. The predicted octanol–water partition coefficient (Wildman–Crippen LogP) is 3.75. The second-order valence-corrected chi connectivity index (χ2v) is 6.63. The number of amides is 1. The van der Waals surface area contributed by atoms with Crippen LogP contribution in [-0.2, 0) is 17.8 Å². The Morgan fingerprint density at radius 3 is 2.84 bits per heavy atom. The third kappa shape index (κ3) is 3.96. The van der Waals surface area contributed by atoms with E-state index in [4.69, 9.17) is 0 Å². The number of para-hydroxylation sites is 1. The van der Waals surface area contributed by atoms with Crippen molar-refractivity contribution in [2.75, 3.05) is 5.32 Å². The molecule has 0 atom stereocenters. The van der Waals surface area contributed by atoms with Gasteiger partial charge in [-0.05, 0) is 36.2 Å². The van der Waals surface area contributed by atoms with Crippen LogP contribution in [-0.4, -0.2) is 15.5 Å². The number of carbonyl (C=O) groups is 1. The van der Waals surface area contributed by atoms with Crippen LogP contribution in [0.3, 0.4) is 0 Å². The van der Waals surface area contributed by atoms with Gasteiger partial charge in [0.1, 0.15) is 0 Å². The molecule has 0 aliphatic carbocycles. The van der Waals surface area contributed by atoms with Gasteiger partial charge < -0.3 is 5.32 Å². The molecule has 25 heavy (non-hydrogen) atoms. The van der Waals surface area contributed by atoms with Crippen molar-refractivity contribution in [3.05, 3.63) is 69.2 Å². The van der Waals surface area contributed by atoms with Crippen molar-refractivity contribution >= 4 is 38.4 Å². The monoisotopic (exact) mass is 399 g/mol. The van der Waals surface area contributed by atoms with E-state index in [1.54, 1.807) is 12.1 Å². The minimum absolute atomic E-state index is 0.123. The highest BCUT2D eigenvalue weighted by Crippen LogP contribution is 2.16. The molecular formula is C19H18BrN3O2. The Kier molecular flexibility index (Phi) is 5.28. The summed E-state index contributed by atoms with van der Waals surface area (Å²) in [5.74, 6) is -0.123. The van der Waals surface area contributed by atoms with E-state index in [1.165, 1.54) is 10.9 Å². The van der Waals surface area contributed by atoms with Crippen LogP contribution in [0.1, 0.15) is 18.9 Å². The van der Waals surface area contributed by atoms with Crippen molar-refractivity contribution in [3.63, 3.8) is 0 Å². The zero-order valence-corrected chi connectivity index (χ0v) is 15.4. The van der Waals surface area contributed by atoms with Crippen molar-refractivity contribution < 1.29 is 4.79 Å². The van der Waals surface area contributed by atoms with Crippen LogP contribution in [0.2, 0.25) is 0 Å². The maximum Gasteiger partial charge on any atom is 0.261 e. The van der Waals surface area contributed by atoms with Crippen LogP contribution in [0.15, 0.2) is 58.1 Å². The number of carbonyl (C=O) groups excluding carboxylic acids is 1. The molecule has 128 valence electrons. The molecule has 6 heteroatoms. The molecule has 3 rings (SSSR count). The molecule has 0 unspecified atom stereocenters. The molecule has 0 spiro atoms. The van der Waals surface area contributed by atoms with E-state index >= 15 is 0 Å². The van der Waals surface area contributed by atoms with E-state index in [9.17, 15) is 9.59 Å². The topological polar surface area (TPSA) is 64.0 Å². The van der Waals surface area contributed by atoms with Gasteiger partial charge in [0.15, 0.2) is 0 Å². The van der Waals surface area contributed by atoms with E-state index in [0.29, 0.717) is 10.9 Å². The Balaban J connectivity index is 1.73. The molecule has 0 radical (unpaired) electrons. The van der Waals surface area contributed by atoms with Crippen molar-refractivity contribution in [1.82, 2.24) is 9.55 Å². The number of aryl methyl sites for hydroxylation is 2. The van der Waals surface area contributed by atoms with E-state index < -0.39 is 0 Å². The lowest BCUT2D eigenvalue weighted by molar-refractivity contribution is -0.116. The SMILES string of the molecule is CCc1ccccc1NC(=O)CCn1cnc2ccc(Br)cc2c1=O. The minimum Gasteiger partial charge on any atom is -0.326 e. The number of benzene rings is 2. The number of nitrogens with one attached hydrogen (secondary N) is 1. The lowest BCUT2D eigenvalue weighted by atomic mass is 10.1. The Labute approximate surface area is 153 Å². The zero-order valence-electron chi connectivity index (χ0n) is 13.8. The normalized spacial score (nSPS) is 10.8. The molecule has 2 aromatic carbocycles. The first-order valence-corrected chi connectivity index (χ1v) is 8.90. The van der Waals surface area contributed by atoms with Crippen molar-refractivity contribution in [2.24, 2.45) is 0 Å². The maximum absolute atomic E-state index is 12.5. The highest BCUT2D eigenvalue weighted by molar-refractivity contribution is 9.10. The molecule has 1 aromatic heterocycles. The summed E-state index contributed by atoms with van der Waals surface area (Å²) < 4.78 is 2.30. The fourth-order valence-electron chi connectivity index (χ4n) is 2.68. The second kappa shape index (κ2) is 7.61. The van der Waals surface area contributed by atoms with Crippen LogP contribution in [0.5, 0.6) is 0 Å². The standard InChI is InChI=1S/C19H18BrN3O2/c1-2-13-5-3-4-6-16(13)22-18(24)9-10-23-12-21-17-8-7-14(20)11-15(17)19(23)25/h3-8,11-12H,2,9-10H2,1H3,(H,22,24). The molecule has 5 nitrogen and oxygen atoms in total. The average Bonchev–Trinajstić information content (AvgIpc) is 2.62. The minimum atomic E-state index is -0.145. The summed E-state index contributed by atoms with van der Waals surface area (Å²) in [7, 11) is 0. The third-order valence-corrected chi connectivity index (χ3v) is 4.53. The molecule has 1 N–H and O–H groups in total. The van der Waals surface area contributed by atoms with Gasteiger partial charge in [0.05, 0.1) is 17.2 Å². The number of hydrogen-bond donors (Lipinski definition) is 1. The summed E-state index contributed by atoms with van der Waals surface area (Å²) in [6, 6.07) is 13.1. The Hall–Kier alpha value is -2.47. The largest absolute Gasteiger partial charge is 0.326 e. The molecule has 1 amide bonds. The van der Waals surface area contributed by atoms with Gasteiger partial charge in [-0.3, -0.25) is 14.2 Å². The smallest absolute Gasteiger partial charge is 0.261 e. The van der Waals surface area contributed by atoms with Gasteiger partial charge >= 0.3 is 0 Å². The van der Waals surface area contributed by atoms with Gasteiger partial charge in [-0.2, -0.15) is 0 Å². The number of anilines is 1. The number of rotatable bonds is 5. The fourth-order valence-corrected chi connectivity index (χ4v) is 3.04. The van der Waals surface area contributed by atoms with Gasteiger partial charge in [0.25, 0.3) is 5.56 Å². The number of fused-ring (bicyclic) bond motifs is 1. The molecule has 0 aliphatic heterocycles. The number of hydrogen-bond acceptors (Lipinski definition) is 3. The van der Waals surface area contributed by atoms with E-state index in [0.717, 1.165) is 22.1 Å². The average molecular weight is 400 g/mol. The second-order valence-electron chi connectivity index (χ2n) is 5.71. The highest BCUT2D eigenvalue weighted by atomic mass is 79.9. The van der Waals surface area contributed by atoms with Crippen LogP contribution in [0.25, 0.3) is 10.9 Å². The quantitative estimate of drug-likeness (QED) is 0.710. The van der Waals surface area contributed by atoms with E-state index in [1.807, 2.05) is 37.3 Å². The molecule has 0 saturated carbocycles. The Morgan fingerprint density at radius 2 is 2.04 bits per heavy atom. The summed E-state index contributed by atoms with van der Waals surface area (Å²) in [4.78, 5) is 29.0. The summed E-state index contributed by atoms with van der Waals surface area (Å²) >= 11 is 3.36. The molecule has 0 fully saturated rings. The Morgan fingerprint density at radius 1 is 1.24 bits per heavy atom. The van der Waals surface area contributed by atoms with Crippen LogP contribution in [0, 0.1) is 0 Å². The van der Waals surface area contributed by atoms with Crippen molar-refractivity contribution in [3.8, 4) is 0 Å². The molecule has 0 saturated heterocycles.